The van der Waals surface area contributed by atoms with Gasteiger partial charge in [-0.25, -0.2) is 4.79 Å². The van der Waals surface area contributed by atoms with E-state index in [-0.39, 0.29) is 17.9 Å². The highest BCUT2D eigenvalue weighted by molar-refractivity contribution is 5.92. The third-order valence-corrected chi connectivity index (χ3v) is 7.33. The third kappa shape index (κ3) is 6.03. The van der Waals surface area contributed by atoms with E-state index in [1.165, 1.54) is 11.1 Å². The van der Waals surface area contributed by atoms with Crippen LogP contribution in [0, 0.1) is 5.92 Å². The van der Waals surface area contributed by atoms with Crippen molar-refractivity contribution in [2.24, 2.45) is 5.92 Å². The summed E-state index contributed by atoms with van der Waals surface area (Å²) in [4.78, 5) is 35.5. The van der Waals surface area contributed by atoms with E-state index in [1.54, 1.807) is 16.0 Å². The van der Waals surface area contributed by atoms with Crippen LogP contribution >= 0.6 is 0 Å². The Balaban J connectivity index is 1.07. The first kappa shape index (κ1) is 24.7. The molecular formula is C27H35N5O4. The summed E-state index contributed by atoms with van der Waals surface area (Å²) in [7, 11) is 0. The molecule has 1 aromatic carbocycles. The number of hydrogen-bond acceptors (Lipinski definition) is 6. The van der Waals surface area contributed by atoms with E-state index in [9.17, 15) is 14.7 Å². The van der Waals surface area contributed by atoms with E-state index in [1.807, 2.05) is 12.1 Å². The average molecular weight is 494 g/mol. The summed E-state index contributed by atoms with van der Waals surface area (Å²) in [6.07, 6.45) is 3.53. The van der Waals surface area contributed by atoms with Crippen LogP contribution in [0.4, 0.5) is 10.5 Å². The van der Waals surface area contributed by atoms with Crippen molar-refractivity contribution >= 4 is 17.6 Å². The molecule has 2 fully saturated rings. The molecule has 9 nitrogen and oxygen atoms in total. The number of amides is 3. The number of anilines is 1. The number of rotatable bonds is 8. The maximum Gasteiger partial charge on any atom is 0.320 e. The Morgan fingerprint density at radius 1 is 1.06 bits per heavy atom. The minimum Gasteiger partial charge on any atom is -0.390 e. The van der Waals surface area contributed by atoms with E-state index >= 15 is 0 Å². The van der Waals surface area contributed by atoms with Crippen molar-refractivity contribution in [3.63, 3.8) is 0 Å². The molecule has 9 heteroatoms. The van der Waals surface area contributed by atoms with Gasteiger partial charge in [0.15, 0.2) is 0 Å². The molecule has 5 rings (SSSR count). The molecule has 0 aliphatic carbocycles. The number of nitrogens with one attached hydrogen (secondary N) is 1. The Hall–Kier alpha value is -3.01. The lowest BCUT2D eigenvalue weighted by Gasteiger charge is -2.31. The van der Waals surface area contributed by atoms with Crippen LogP contribution in [-0.2, 0) is 29.0 Å². The second-order valence-electron chi connectivity index (χ2n) is 9.97. The Morgan fingerprint density at radius 3 is 2.61 bits per heavy atom. The number of carbonyl (C=O) groups excluding carboxylic acids is 2. The predicted molar refractivity (Wildman–Crippen MR) is 135 cm³/mol. The van der Waals surface area contributed by atoms with Crippen molar-refractivity contribution < 1.29 is 19.4 Å². The predicted octanol–water partition coefficient (Wildman–Crippen LogP) is 2.10. The summed E-state index contributed by atoms with van der Waals surface area (Å²) in [6, 6.07) is 12.1. The van der Waals surface area contributed by atoms with E-state index in [2.05, 4.69) is 39.5 Å². The first-order chi connectivity index (χ1) is 17.5. The minimum atomic E-state index is -0.587. The number of β-amino-alcohol motifs (C(OH)–C–C–N with tert-alkyl or cyclic N) is 1. The van der Waals surface area contributed by atoms with Gasteiger partial charge in [0, 0.05) is 58.4 Å². The summed E-state index contributed by atoms with van der Waals surface area (Å²) in [5.74, 6) is -0.0155. The quantitative estimate of drug-likeness (QED) is 0.585. The third-order valence-electron chi connectivity index (χ3n) is 7.33. The zero-order chi connectivity index (χ0) is 24.9. The molecule has 0 spiro atoms. The number of hydrogen-bond donors (Lipinski definition) is 2. The zero-order valence-corrected chi connectivity index (χ0v) is 20.6. The number of benzene rings is 1. The Kier molecular flexibility index (Phi) is 7.79. The van der Waals surface area contributed by atoms with Crippen molar-refractivity contribution in [3.8, 4) is 0 Å². The number of nitrogens with zero attached hydrogens (tertiary/aromatic N) is 4. The van der Waals surface area contributed by atoms with Gasteiger partial charge in [-0.05, 0) is 42.5 Å². The fourth-order valence-corrected chi connectivity index (χ4v) is 5.26. The van der Waals surface area contributed by atoms with Crippen molar-refractivity contribution in [1.29, 1.82) is 0 Å². The van der Waals surface area contributed by atoms with E-state index in [0.717, 1.165) is 38.0 Å². The van der Waals surface area contributed by atoms with Gasteiger partial charge in [-0.15, -0.1) is 0 Å². The molecule has 192 valence electrons. The molecule has 2 saturated heterocycles. The Labute approximate surface area is 212 Å². The van der Waals surface area contributed by atoms with Crippen molar-refractivity contribution in [2.45, 2.75) is 38.5 Å². The molecule has 0 bridgehead atoms. The van der Waals surface area contributed by atoms with Crippen LogP contribution in [-0.4, -0.2) is 88.8 Å². The Bertz CT molecular complexity index is 1060. The van der Waals surface area contributed by atoms with Gasteiger partial charge in [0.2, 0.25) is 5.91 Å². The van der Waals surface area contributed by atoms with Crippen LogP contribution < -0.4 is 5.32 Å². The highest BCUT2D eigenvalue weighted by atomic mass is 16.5. The molecule has 3 amide bonds. The summed E-state index contributed by atoms with van der Waals surface area (Å²) in [5.41, 5.74) is 4.13. The number of aromatic nitrogens is 1. The highest BCUT2D eigenvalue weighted by Gasteiger charge is 2.31. The zero-order valence-electron chi connectivity index (χ0n) is 20.6. The van der Waals surface area contributed by atoms with Gasteiger partial charge in [-0.3, -0.25) is 14.7 Å². The number of urea groups is 1. The van der Waals surface area contributed by atoms with Crippen LogP contribution in [0.25, 0.3) is 0 Å². The Morgan fingerprint density at radius 2 is 1.83 bits per heavy atom. The molecule has 0 radical (unpaired) electrons. The van der Waals surface area contributed by atoms with Crippen LogP contribution in [0.3, 0.4) is 0 Å². The van der Waals surface area contributed by atoms with Gasteiger partial charge >= 0.3 is 6.03 Å². The molecule has 0 unspecified atom stereocenters. The number of pyridine rings is 1. The number of fused-ring (bicyclic) bond motifs is 1. The van der Waals surface area contributed by atoms with Crippen LogP contribution in [0.2, 0.25) is 0 Å². The maximum atomic E-state index is 12.9. The summed E-state index contributed by atoms with van der Waals surface area (Å²) < 4.78 is 5.32. The molecule has 4 heterocycles. The smallest absolute Gasteiger partial charge is 0.320 e. The first-order valence-electron chi connectivity index (χ1n) is 12.9. The highest BCUT2D eigenvalue weighted by Crippen LogP contribution is 2.20. The second-order valence-corrected chi connectivity index (χ2v) is 9.97. The lowest BCUT2D eigenvalue weighted by atomic mass is 9.99. The number of carbonyl (C=O) groups is 2. The molecule has 3 aliphatic heterocycles. The first-order valence-corrected chi connectivity index (χ1v) is 12.9. The molecule has 0 saturated carbocycles. The molecular weight excluding hydrogens is 458 g/mol. The molecule has 1 atom stereocenters. The van der Waals surface area contributed by atoms with E-state index in [0.29, 0.717) is 51.6 Å². The molecule has 3 aliphatic rings. The monoisotopic (exact) mass is 493 g/mol. The fourth-order valence-electron chi connectivity index (χ4n) is 5.26. The summed E-state index contributed by atoms with van der Waals surface area (Å²) >= 11 is 0. The average Bonchev–Trinajstić information content (AvgIpc) is 3.24. The normalized spacial score (nSPS) is 19.9. The fraction of sp³-hybridized carbons (Fsp3) is 0.519. The van der Waals surface area contributed by atoms with E-state index < -0.39 is 6.10 Å². The second kappa shape index (κ2) is 11.4. The standard InChI is InChI=1S/C27H35N5O4/c33-25(18-30-10-7-20-3-1-2-4-22(20)16-30)19-32-12-11-31(27(32)35)17-24-6-5-23(15-28-24)29-26(34)21-8-13-36-14-9-21/h1-6,15,21,25,33H,7-14,16-19H2,(H,29,34)/t25-/m1/s1. The van der Waals surface area contributed by atoms with Gasteiger partial charge in [-0.2, -0.15) is 0 Å². The van der Waals surface area contributed by atoms with Crippen molar-refractivity contribution in [1.82, 2.24) is 19.7 Å². The van der Waals surface area contributed by atoms with Crippen LogP contribution in [0.1, 0.15) is 29.7 Å². The number of aliphatic hydroxyl groups excluding tert-OH is 1. The van der Waals surface area contributed by atoms with Gasteiger partial charge in [0.05, 0.1) is 30.2 Å². The van der Waals surface area contributed by atoms with E-state index in [4.69, 9.17) is 4.74 Å². The van der Waals surface area contributed by atoms with Gasteiger partial charge < -0.3 is 25.0 Å². The van der Waals surface area contributed by atoms with Gasteiger partial charge in [-0.1, -0.05) is 24.3 Å². The SMILES string of the molecule is O=C(Nc1ccc(CN2CCN(C[C@H](O)CN3CCc4ccccc4C3)C2=O)nc1)C1CCOCC1. The molecule has 1 aromatic heterocycles. The van der Waals surface area contributed by atoms with Gasteiger partial charge in [0.1, 0.15) is 0 Å². The van der Waals surface area contributed by atoms with Gasteiger partial charge in [0.25, 0.3) is 0 Å². The van der Waals surface area contributed by atoms with Crippen molar-refractivity contribution in [3.05, 3.63) is 59.4 Å². The lowest BCUT2D eigenvalue weighted by Crippen LogP contribution is -2.43. The summed E-state index contributed by atoms with van der Waals surface area (Å²) in [5, 5.41) is 13.6. The summed E-state index contributed by atoms with van der Waals surface area (Å²) in [6.45, 7) is 5.50. The number of ether oxygens (including phenoxy) is 1. The van der Waals surface area contributed by atoms with Crippen LogP contribution in [0.5, 0.6) is 0 Å². The molecule has 36 heavy (non-hydrogen) atoms. The number of aliphatic hydroxyl groups is 1. The molecule has 2 N–H and O–H groups in total. The van der Waals surface area contributed by atoms with Crippen LogP contribution in [0.15, 0.2) is 42.6 Å². The largest absolute Gasteiger partial charge is 0.390 e. The minimum absolute atomic E-state index is 0.00512. The lowest BCUT2D eigenvalue weighted by molar-refractivity contribution is -0.122. The van der Waals surface area contributed by atoms with Crippen molar-refractivity contribution in [2.75, 3.05) is 51.3 Å². The molecule has 2 aromatic rings. The topological polar surface area (TPSA) is 98.2 Å². The maximum absolute atomic E-state index is 12.9.